The summed E-state index contributed by atoms with van der Waals surface area (Å²) in [5.74, 6) is 2.22. The van der Waals surface area contributed by atoms with Crippen LogP contribution in [0.5, 0.6) is 0 Å². The van der Waals surface area contributed by atoms with Gasteiger partial charge in [-0.05, 0) is 42.2 Å². The highest BCUT2D eigenvalue weighted by atomic mass is 16.5. The highest BCUT2D eigenvalue weighted by Gasteiger charge is 2.43. The number of aromatic nitrogens is 2. The summed E-state index contributed by atoms with van der Waals surface area (Å²) in [5, 5.41) is 4.08. The summed E-state index contributed by atoms with van der Waals surface area (Å²) in [5.41, 5.74) is 8.69. The molecule has 4 nitrogen and oxygen atoms in total. The topological polar surface area (TPSA) is 64.9 Å². The maximum Gasteiger partial charge on any atom is 0.230 e. The number of anilines is 1. The zero-order valence-corrected chi connectivity index (χ0v) is 11.4. The van der Waals surface area contributed by atoms with E-state index in [0.29, 0.717) is 17.7 Å². The van der Waals surface area contributed by atoms with Gasteiger partial charge in [0.15, 0.2) is 0 Å². The van der Waals surface area contributed by atoms with E-state index in [-0.39, 0.29) is 0 Å². The Labute approximate surface area is 122 Å². The Hall–Kier alpha value is -2.62. The minimum absolute atomic E-state index is 0.349. The molecule has 21 heavy (non-hydrogen) atoms. The van der Waals surface area contributed by atoms with Crippen molar-refractivity contribution in [1.29, 1.82) is 0 Å². The van der Waals surface area contributed by atoms with Crippen molar-refractivity contribution in [2.45, 2.75) is 18.3 Å². The Morgan fingerprint density at radius 3 is 2.48 bits per heavy atom. The molecule has 2 atom stereocenters. The Bertz CT molecular complexity index is 749. The van der Waals surface area contributed by atoms with Gasteiger partial charge in [-0.15, -0.1) is 0 Å². The first kappa shape index (κ1) is 12.1. The largest absolute Gasteiger partial charge is 0.399 e. The number of hydrogen-bond donors (Lipinski definition) is 1. The van der Waals surface area contributed by atoms with Crippen LogP contribution in [0.2, 0.25) is 0 Å². The summed E-state index contributed by atoms with van der Waals surface area (Å²) >= 11 is 0. The summed E-state index contributed by atoms with van der Waals surface area (Å²) < 4.78 is 5.43. The number of nitrogens with zero attached hydrogens (tertiary/aromatic N) is 2. The minimum atomic E-state index is 0.349. The van der Waals surface area contributed by atoms with Gasteiger partial charge in [0.25, 0.3) is 0 Å². The van der Waals surface area contributed by atoms with Crippen molar-refractivity contribution >= 4 is 5.69 Å². The average molecular weight is 277 g/mol. The van der Waals surface area contributed by atoms with Gasteiger partial charge in [0.2, 0.25) is 11.7 Å². The van der Waals surface area contributed by atoms with E-state index in [1.165, 1.54) is 5.56 Å². The number of nitrogen functional groups attached to an aromatic ring is 1. The van der Waals surface area contributed by atoms with Gasteiger partial charge in [-0.2, -0.15) is 4.98 Å². The fraction of sp³-hybridized carbons (Fsp3) is 0.176. The number of benzene rings is 2. The summed E-state index contributed by atoms with van der Waals surface area (Å²) in [6.07, 6.45) is 1.08. The second-order valence-electron chi connectivity index (χ2n) is 5.44. The molecule has 0 aliphatic heterocycles. The molecule has 0 saturated heterocycles. The summed E-state index contributed by atoms with van der Waals surface area (Å²) in [6, 6.07) is 18.0. The van der Waals surface area contributed by atoms with Crippen molar-refractivity contribution in [3.63, 3.8) is 0 Å². The molecule has 4 heteroatoms. The van der Waals surface area contributed by atoms with Crippen molar-refractivity contribution in [1.82, 2.24) is 10.1 Å². The summed E-state index contributed by atoms with van der Waals surface area (Å²) in [6.45, 7) is 0. The Kier molecular flexibility index (Phi) is 2.74. The van der Waals surface area contributed by atoms with Crippen molar-refractivity contribution in [2.75, 3.05) is 5.73 Å². The lowest BCUT2D eigenvalue weighted by molar-refractivity contribution is 0.378. The van der Waals surface area contributed by atoms with Crippen LogP contribution in [-0.2, 0) is 0 Å². The maximum atomic E-state index is 5.69. The Balaban J connectivity index is 1.55. The first-order chi connectivity index (χ1) is 10.3. The minimum Gasteiger partial charge on any atom is -0.399 e. The molecule has 3 aromatic rings. The predicted molar refractivity (Wildman–Crippen MR) is 80.7 cm³/mol. The fourth-order valence-corrected chi connectivity index (χ4v) is 2.67. The highest BCUT2D eigenvalue weighted by Crippen LogP contribution is 2.54. The molecule has 1 heterocycles. The normalized spacial score (nSPS) is 20.4. The monoisotopic (exact) mass is 277 g/mol. The van der Waals surface area contributed by atoms with Crippen molar-refractivity contribution in [2.24, 2.45) is 0 Å². The van der Waals surface area contributed by atoms with Gasteiger partial charge in [-0.3, -0.25) is 0 Å². The Morgan fingerprint density at radius 1 is 0.952 bits per heavy atom. The summed E-state index contributed by atoms with van der Waals surface area (Å²) in [4.78, 5) is 4.53. The quantitative estimate of drug-likeness (QED) is 0.743. The van der Waals surface area contributed by atoms with Gasteiger partial charge >= 0.3 is 0 Å². The molecular formula is C17H15N3O. The zero-order chi connectivity index (χ0) is 14.2. The van der Waals surface area contributed by atoms with E-state index < -0.39 is 0 Å². The maximum absolute atomic E-state index is 5.69. The number of hydrogen-bond acceptors (Lipinski definition) is 4. The highest BCUT2D eigenvalue weighted by molar-refractivity contribution is 5.58. The standard InChI is InChI=1S/C17H15N3O/c18-13-8-6-12(7-9-13)16-19-17(21-20-16)15-10-14(15)11-4-2-1-3-5-11/h1-9,14-15H,10,18H2. The molecule has 1 aromatic heterocycles. The van der Waals surface area contributed by atoms with Crippen LogP contribution < -0.4 is 5.73 Å². The van der Waals surface area contributed by atoms with E-state index in [1.54, 1.807) is 0 Å². The molecule has 1 aliphatic carbocycles. The van der Waals surface area contributed by atoms with Gasteiger partial charge in [-0.1, -0.05) is 35.5 Å². The van der Waals surface area contributed by atoms with E-state index in [1.807, 2.05) is 30.3 Å². The first-order valence-corrected chi connectivity index (χ1v) is 7.06. The van der Waals surface area contributed by atoms with Crippen LogP contribution in [0.25, 0.3) is 11.4 Å². The molecule has 0 bridgehead atoms. The molecule has 0 spiro atoms. The van der Waals surface area contributed by atoms with E-state index in [9.17, 15) is 0 Å². The van der Waals surface area contributed by atoms with E-state index >= 15 is 0 Å². The molecule has 4 rings (SSSR count). The number of rotatable bonds is 3. The lowest BCUT2D eigenvalue weighted by atomic mass is 10.1. The fourth-order valence-electron chi connectivity index (χ4n) is 2.67. The molecule has 2 aromatic carbocycles. The van der Waals surface area contributed by atoms with Crippen LogP contribution in [-0.4, -0.2) is 10.1 Å². The van der Waals surface area contributed by atoms with Crippen LogP contribution >= 0.6 is 0 Å². The van der Waals surface area contributed by atoms with Crippen molar-refractivity contribution < 1.29 is 4.52 Å². The molecular weight excluding hydrogens is 262 g/mol. The van der Waals surface area contributed by atoms with Crippen molar-refractivity contribution in [3.8, 4) is 11.4 Å². The second-order valence-corrected chi connectivity index (χ2v) is 5.44. The van der Waals surface area contributed by atoms with Gasteiger partial charge in [0.1, 0.15) is 0 Å². The third kappa shape index (κ3) is 2.29. The van der Waals surface area contributed by atoms with Gasteiger partial charge in [0, 0.05) is 17.2 Å². The molecule has 0 radical (unpaired) electrons. The van der Waals surface area contributed by atoms with Crippen LogP contribution in [0, 0.1) is 0 Å². The molecule has 104 valence electrons. The first-order valence-electron chi connectivity index (χ1n) is 7.06. The van der Waals surface area contributed by atoms with E-state index in [0.717, 1.165) is 23.6 Å². The van der Waals surface area contributed by atoms with Crippen molar-refractivity contribution in [3.05, 3.63) is 66.1 Å². The smallest absolute Gasteiger partial charge is 0.230 e. The number of nitrogens with two attached hydrogens (primary N) is 1. The third-order valence-corrected chi connectivity index (χ3v) is 3.95. The molecule has 0 amide bonds. The van der Waals surface area contributed by atoms with E-state index in [4.69, 9.17) is 10.3 Å². The van der Waals surface area contributed by atoms with E-state index in [2.05, 4.69) is 34.4 Å². The van der Waals surface area contributed by atoms with Gasteiger partial charge in [-0.25, -0.2) is 0 Å². The molecule has 2 unspecified atom stereocenters. The lowest BCUT2D eigenvalue weighted by Crippen LogP contribution is -1.86. The second kappa shape index (κ2) is 4.74. The predicted octanol–water partition coefficient (Wildman–Crippen LogP) is 3.59. The van der Waals surface area contributed by atoms with Crippen LogP contribution in [0.4, 0.5) is 5.69 Å². The molecule has 2 N–H and O–H groups in total. The summed E-state index contributed by atoms with van der Waals surface area (Å²) in [7, 11) is 0. The third-order valence-electron chi connectivity index (χ3n) is 3.95. The lowest BCUT2D eigenvalue weighted by Gasteiger charge is -1.96. The van der Waals surface area contributed by atoms with Crippen LogP contribution in [0.15, 0.2) is 59.1 Å². The van der Waals surface area contributed by atoms with Gasteiger partial charge < -0.3 is 10.3 Å². The molecule has 1 saturated carbocycles. The van der Waals surface area contributed by atoms with Crippen LogP contribution in [0.1, 0.15) is 29.7 Å². The average Bonchev–Trinajstić information content (AvgIpc) is 3.18. The Morgan fingerprint density at radius 2 is 1.71 bits per heavy atom. The molecule has 1 fully saturated rings. The SMILES string of the molecule is Nc1ccc(-c2noc(C3CC3c3ccccc3)n2)cc1. The zero-order valence-electron chi connectivity index (χ0n) is 11.4. The van der Waals surface area contributed by atoms with Gasteiger partial charge in [0.05, 0.1) is 0 Å². The molecule has 1 aliphatic rings. The van der Waals surface area contributed by atoms with Crippen LogP contribution in [0.3, 0.4) is 0 Å².